The molecule has 2 aliphatic rings. The zero-order chi connectivity index (χ0) is 31.1. The van der Waals surface area contributed by atoms with E-state index in [1.165, 1.54) is 0 Å². The molecule has 0 bridgehead atoms. The number of likely N-dealkylation sites (tertiary alicyclic amines) is 1. The van der Waals surface area contributed by atoms with E-state index >= 15 is 0 Å². The van der Waals surface area contributed by atoms with Gasteiger partial charge in [0.05, 0.1) is 0 Å². The Morgan fingerprint density at radius 3 is 2.25 bits per heavy atom. The molecule has 1 saturated heterocycles. The first-order valence-corrected chi connectivity index (χ1v) is 17.1. The molecular formula is C33H39ClN3O6P. The quantitative estimate of drug-likeness (QED) is 0.143. The molecule has 0 radical (unpaired) electrons. The van der Waals surface area contributed by atoms with E-state index in [0.29, 0.717) is 34.1 Å². The minimum atomic E-state index is -4.65. The van der Waals surface area contributed by atoms with E-state index in [1.54, 1.807) is 48.5 Å². The van der Waals surface area contributed by atoms with E-state index in [-0.39, 0.29) is 17.7 Å². The highest BCUT2D eigenvalue weighted by molar-refractivity contribution is 7.46. The van der Waals surface area contributed by atoms with Crippen LogP contribution in [0.2, 0.25) is 5.02 Å². The van der Waals surface area contributed by atoms with Crippen LogP contribution in [0, 0.1) is 0 Å². The number of aryl methyl sites for hydroxylation is 1. The third-order valence-corrected chi connectivity index (χ3v) is 9.12. The molecule has 4 N–H and O–H groups in total. The van der Waals surface area contributed by atoms with Crippen molar-refractivity contribution in [2.45, 2.75) is 57.3 Å². The van der Waals surface area contributed by atoms with Crippen molar-refractivity contribution in [3.8, 4) is 5.75 Å². The van der Waals surface area contributed by atoms with Gasteiger partial charge in [-0.25, -0.2) is 4.57 Å². The summed E-state index contributed by atoms with van der Waals surface area (Å²) in [6.07, 6.45) is 7.42. The Bertz CT molecular complexity index is 1500. The maximum absolute atomic E-state index is 12.6. The molecule has 0 atom stereocenters. The van der Waals surface area contributed by atoms with Crippen LogP contribution in [0.3, 0.4) is 0 Å². The Labute approximate surface area is 263 Å². The molecular weight excluding hydrogens is 601 g/mol. The summed E-state index contributed by atoms with van der Waals surface area (Å²) >= 11 is 5.88. The molecule has 0 unspecified atom stereocenters. The summed E-state index contributed by atoms with van der Waals surface area (Å²) in [6, 6.07) is 17.6. The molecule has 11 heteroatoms. The molecule has 0 aromatic heterocycles. The average Bonchev–Trinajstić information content (AvgIpc) is 3.01. The van der Waals surface area contributed by atoms with Gasteiger partial charge in [0.15, 0.2) is 0 Å². The van der Waals surface area contributed by atoms with Crippen molar-refractivity contribution in [1.29, 1.82) is 0 Å². The van der Waals surface area contributed by atoms with Gasteiger partial charge in [0.1, 0.15) is 5.75 Å². The van der Waals surface area contributed by atoms with Crippen LogP contribution in [-0.4, -0.2) is 52.7 Å². The highest BCUT2D eigenvalue weighted by Crippen LogP contribution is 2.47. The van der Waals surface area contributed by atoms with Crippen LogP contribution in [0.1, 0.15) is 81.8 Å². The summed E-state index contributed by atoms with van der Waals surface area (Å²) < 4.78 is 17.1. The molecule has 44 heavy (non-hydrogen) atoms. The smallest absolute Gasteiger partial charge is 0.404 e. The lowest BCUT2D eigenvalue weighted by molar-refractivity contribution is 0.0951. The molecule has 1 heterocycles. The second-order valence-corrected chi connectivity index (χ2v) is 13.1. The number of nitrogens with zero attached hydrogens (tertiary/aromatic N) is 1. The topological polar surface area (TPSA) is 128 Å². The Morgan fingerprint density at radius 2 is 1.55 bits per heavy atom. The van der Waals surface area contributed by atoms with E-state index < -0.39 is 7.82 Å². The molecule has 3 aromatic carbocycles. The van der Waals surface area contributed by atoms with Crippen molar-refractivity contribution in [1.82, 2.24) is 10.2 Å². The first kappa shape index (κ1) is 32.2. The average molecular weight is 640 g/mol. The highest BCUT2D eigenvalue weighted by Gasteiger charge is 2.29. The number of benzene rings is 3. The van der Waals surface area contributed by atoms with Gasteiger partial charge in [-0.05, 0) is 142 Å². The van der Waals surface area contributed by atoms with Crippen LogP contribution in [0.4, 0.5) is 5.69 Å². The number of rotatable bonds is 11. The lowest BCUT2D eigenvalue weighted by atomic mass is 9.83. The summed E-state index contributed by atoms with van der Waals surface area (Å²) in [5, 5.41) is 6.35. The van der Waals surface area contributed by atoms with E-state index in [2.05, 4.69) is 21.6 Å². The molecule has 1 aliphatic carbocycles. The maximum atomic E-state index is 12.6. The molecule has 5 rings (SSSR count). The maximum Gasteiger partial charge on any atom is 0.524 e. The Morgan fingerprint density at radius 1 is 0.886 bits per heavy atom. The number of piperidine rings is 1. The molecule has 1 aliphatic heterocycles. The molecule has 3 aromatic rings. The number of halogens is 1. The van der Waals surface area contributed by atoms with Gasteiger partial charge < -0.3 is 20.1 Å². The van der Waals surface area contributed by atoms with Gasteiger partial charge in [-0.1, -0.05) is 23.7 Å². The first-order valence-electron chi connectivity index (χ1n) is 15.2. The molecule has 9 nitrogen and oxygen atoms in total. The number of nitrogens with one attached hydrogen (secondary N) is 2. The van der Waals surface area contributed by atoms with Crippen LogP contribution < -0.4 is 15.2 Å². The van der Waals surface area contributed by atoms with E-state index in [9.17, 15) is 23.9 Å². The summed E-state index contributed by atoms with van der Waals surface area (Å²) in [4.78, 5) is 46.6. The number of fused-ring (bicyclic) bond motifs is 1. The minimum absolute atomic E-state index is 0.153. The van der Waals surface area contributed by atoms with Crippen molar-refractivity contribution in [3.63, 3.8) is 0 Å². The Balaban J connectivity index is 1.03. The van der Waals surface area contributed by atoms with Gasteiger partial charge in [0.2, 0.25) is 0 Å². The third-order valence-electron chi connectivity index (χ3n) is 8.45. The minimum Gasteiger partial charge on any atom is -0.404 e. The summed E-state index contributed by atoms with van der Waals surface area (Å²) in [5.74, 6) is 0.221. The van der Waals surface area contributed by atoms with Gasteiger partial charge in [-0.2, -0.15) is 0 Å². The van der Waals surface area contributed by atoms with E-state index in [0.717, 1.165) is 87.7 Å². The van der Waals surface area contributed by atoms with Crippen molar-refractivity contribution in [2.75, 3.05) is 31.5 Å². The van der Waals surface area contributed by atoms with Gasteiger partial charge in [0, 0.05) is 28.4 Å². The normalized spacial score (nSPS) is 15.8. The van der Waals surface area contributed by atoms with Crippen LogP contribution in [0.15, 0.2) is 60.7 Å². The van der Waals surface area contributed by atoms with Crippen molar-refractivity contribution in [3.05, 3.63) is 93.5 Å². The first-order chi connectivity index (χ1) is 21.2. The van der Waals surface area contributed by atoms with Gasteiger partial charge in [0.25, 0.3) is 11.8 Å². The van der Waals surface area contributed by atoms with Crippen LogP contribution in [0.25, 0.3) is 0 Å². The summed E-state index contributed by atoms with van der Waals surface area (Å²) in [7, 11) is -4.65. The fourth-order valence-corrected chi connectivity index (χ4v) is 6.68. The number of unbranched alkanes of at least 4 members (excludes halogenated alkanes) is 1. The number of phosphoric acid groups is 1. The van der Waals surface area contributed by atoms with Crippen molar-refractivity contribution >= 4 is 36.9 Å². The van der Waals surface area contributed by atoms with Crippen LogP contribution >= 0.6 is 19.4 Å². The summed E-state index contributed by atoms with van der Waals surface area (Å²) in [5.41, 5.74) is 4.66. The number of carbonyl (C=O) groups excluding carboxylic acids is 2. The highest BCUT2D eigenvalue weighted by atomic mass is 35.5. The van der Waals surface area contributed by atoms with E-state index in [4.69, 9.17) is 16.1 Å². The third kappa shape index (κ3) is 8.71. The van der Waals surface area contributed by atoms with Crippen LogP contribution in [0.5, 0.6) is 5.75 Å². The fraction of sp³-hybridized carbons (Fsp3) is 0.394. The molecule has 1 fully saturated rings. The second-order valence-electron chi connectivity index (χ2n) is 11.5. The Kier molecular flexibility index (Phi) is 10.8. The molecule has 0 spiro atoms. The number of amides is 2. The van der Waals surface area contributed by atoms with Crippen molar-refractivity contribution in [2.24, 2.45) is 0 Å². The largest absolute Gasteiger partial charge is 0.524 e. The number of hydrogen-bond acceptors (Lipinski definition) is 5. The number of phosphoric ester groups is 1. The SMILES string of the molecule is O=C(NCCCCN1CCC(c2ccc3c(c2OP(=O)(O)O)CCCC3)CC1)c1ccc(NC(=O)c2ccc(Cl)cc2)cc1. The number of anilines is 1. The van der Waals surface area contributed by atoms with E-state index in [1.807, 2.05) is 6.07 Å². The monoisotopic (exact) mass is 639 g/mol. The summed E-state index contributed by atoms with van der Waals surface area (Å²) in [6.45, 7) is 3.32. The molecule has 2 amide bonds. The van der Waals surface area contributed by atoms with Gasteiger partial charge >= 0.3 is 7.82 Å². The van der Waals surface area contributed by atoms with Crippen LogP contribution in [-0.2, 0) is 17.4 Å². The zero-order valence-corrected chi connectivity index (χ0v) is 26.3. The fourth-order valence-electron chi connectivity index (χ4n) is 6.10. The zero-order valence-electron chi connectivity index (χ0n) is 24.6. The number of hydrogen-bond donors (Lipinski definition) is 4. The van der Waals surface area contributed by atoms with Gasteiger partial charge in [-0.15, -0.1) is 0 Å². The standard InChI is InChI=1S/C33H39ClN3O6P/c34-27-12-7-26(8-13-27)33(39)36-28-14-9-25(10-15-28)32(38)35-19-3-4-20-37-21-17-24(18-22-37)30-16-11-23-5-1-2-6-29(23)31(30)43-44(40,41)42/h7-16,24H,1-6,17-22H2,(H,35,38)(H,36,39)(H2,40,41,42). The van der Waals surface area contributed by atoms with Crippen molar-refractivity contribution < 1.29 is 28.5 Å². The molecule has 0 saturated carbocycles. The lowest BCUT2D eigenvalue weighted by Gasteiger charge is -2.34. The molecule has 234 valence electrons. The second kappa shape index (κ2) is 14.7. The predicted molar refractivity (Wildman–Crippen MR) is 172 cm³/mol. The van der Waals surface area contributed by atoms with Gasteiger partial charge in [-0.3, -0.25) is 19.4 Å². The lowest BCUT2D eigenvalue weighted by Crippen LogP contribution is -2.34. The predicted octanol–water partition coefficient (Wildman–Crippen LogP) is 6.33. The Hall–Kier alpha value is -3.20. The number of carbonyl (C=O) groups is 2.